The maximum atomic E-state index is 12.1. The van der Waals surface area contributed by atoms with Crippen molar-refractivity contribution < 1.29 is 14.3 Å². The summed E-state index contributed by atoms with van der Waals surface area (Å²) in [5.74, 6) is -0.472. The second kappa shape index (κ2) is 5.94. The normalized spacial score (nSPS) is 19.3. The van der Waals surface area contributed by atoms with Crippen molar-refractivity contribution in [2.45, 2.75) is 6.10 Å². The number of hydrogen-bond acceptors (Lipinski definition) is 3. The Kier molecular flexibility index (Phi) is 4.50. The van der Waals surface area contributed by atoms with Gasteiger partial charge in [0.25, 0.3) is 5.91 Å². The smallest absolute Gasteiger partial charge is 0.422 e. The number of carbonyl (C=O) groups excluding carboxylic acids is 2. The van der Waals surface area contributed by atoms with E-state index in [1.807, 2.05) is 0 Å². The molecule has 0 aromatic heterocycles. The van der Waals surface area contributed by atoms with Crippen molar-refractivity contribution in [3.63, 3.8) is 0 Å². The van der Waals surface area contributed by atoms with Crippen molar-refractivity contribution in [2.75, 3.05) is 10.2 Å². The largest absolute Gasteiger partial charge is 0.431 e. The van der Waals surface area contributed by atoms with Crippen molar-refractivity contribution in [1.29, 1.82) is 0 Å². The number of anilines is 1. The molecule has 1 saturated heterocycles. The van der Waals surface area contributed by atoms with Crippen LogP contribution in [0.5, 0.6) is 0 Å². The number of carbonyl (C=O) groups is 2. The van der Waals surface area contributed by atoms with E-state index in [1.165, 1.54) is 24.3 Å². The molecule has 1 aromatic carbocycles. The van der Waals surface area contributed by atoms with Gasteiger partial charge in [-0.05, 0) is 24.3 Å². The molecular formula is C12H8BrCl2NO3. The molecule has 1 heterocycles. The number of allylic oxidation sites excluding steroid dienone is 1. The van der Waals surface area contributed by atoms with E-state index in [0.717, 1.165) is 4.90 Å². The van der Waals surface area contributed by atoms with Crippen LogP contribution in [0.3, 0.4) is 0 Å². The molecule has 1 fully saturated rings. The van der Waals surface area contributed by atoms with E-state index >= 15 is 0 Å². The molecule has 100 valence electrons. The van der Waals surface area contributed by atoms with Crippen LogP contribution in [0.1, 0.15) is 0 Å². The van der Waals surface area contributed by atoms with Crippen LogP contribution in [-0.4, -0.2) is 23.4 Å². The van der Waals surface area contributed by atoms with Crippen LogP contribution < -0.4 is 4.90 Å². The van der Waals surface area contributed by atoms with E-state index < -0.39 is 18.1 Å². The van der Waals surface area contributed by atoms with Crippen molar-refractivity contribution in [1.82, 2.24) is 0 Å². The lowest BCUT2D eigenvalue weighted by atomic mass is 10.2. The fourth-order valence-corrected chi connectivity index (χ4v) is 2.36. The molecule has 1 unspecified atom stereocenters. The van der Waals surface area contributed by atoms with Gasteiger partial charge in [0, 0.05) is 15.4 Å². The molecule has 0 radical (unpaired) electrons. The van der Waals surface area contributed by atoms with E-state index in [-0.39, 0.29) is 0 Å². The number of imide groups is 1. The number of hydrogen-bond donors (Lipinski definition) is 0. The van der Waals surface area contributed by atoms with Crippen LogP contribution in [-0.2, 0) is 9.53 Å². The van der Waals surface area contributed by atoms with E-state index in [1.54, 1.807) is 6.08 Å². The number of nitrogens with zero attached hydrogens (tertiary/aromatic N) is 1. The molecule has 0 N–H and O–H groups in total. The molecule has 0 aliphatic carbocycles. The topological polar surface area (TPSA) is 46.6 Å². The minimum atomic E-state index is -0.914. The molecule has 0 spiro atoms. The van der Waals surface area contributed by atoms with Gasteiger partial charge in [-0.3, -0.25) is 4.79 Å². The molecule has 1 atom stereocenters. The van der Waals surface area contributed by atoms with E-state index in [0.29, 0.717) is 21.1 Å². The molecule has 2 rings (SSSR count). The van der Waals surface area contributed by atoms with Crippen molar-refractivity contribution in [2.24, 2.45) is 0 Å². The first-order valence-electron chi connectivity index (χ1n) is 5.26. The summed E-state index contributed by atoms with van der Waals surface area (Å²) < 4.78 is 4.97. The van der Waals surface area contributed by atoms with Crippen LogP contribution in [0.2, 0.25) is 10.0 Å². The second-order valence-corrected chi connectivity index (χ2v) is 5.21. The molecule has 1 aliphatic rings. The Morgan fingerprint density at radius 2 is 1.89 bits per heavy atom. The maximum Gasteiger partial charge on any atom is 0.422 e. The number of halogens is 3. The summed E-state index contributed by atoms with van der Waals surface area (Å²) in [5.41, 5.74) is 0.294. The van der Waals surface area contributed by atoms with Gasteiger partial charge in [-0.1, -0.05) is 45.2 Å². The van der Waals surface area contributed by atoms with Crippen LogP contribution in [0.4, 0.5) is 10.5 Å². The fourth-order valence-electron chi connectivity index (χ4n) is 1.63. The number of alkyl halides is 1. The van der Waals surface area contributed by atoms with Crippen molar-refractivity contribution >= 4 is 56.8 Å². The third-order valence-corrected chi connectivity index (χ3v) is 3.19. The predicted molar refractivity (Wildman–Crippen MR) is 77.2 cm³/mol. The third kappa shape index (κ3) is 3.11. The lowest BCUT2D eigenvalue weighted by molar-refractivity contribution is -0.120. The maximum absolute atomic E-state index is 12.1. The third-order valence-electron chi connectivity index (χ3n) is 2.38. The molecule has 4 nitrogen and oxygen atoms in total. The highest BCUT2D eigenvalue weighted by Crippen LogP contribution is 2.29. The molecule has 0 saturated carbocycles. The summed E-state index contributed by atoms with van der Waals surface area (Å²) >= 11 is 14.9. The van der Waals surface area contributed by atoms with Crippen molar-refractivity contribution in [3.05, 3.63) is 40.4 Å². The summed E-state index contributed by atoms with van der Waals surface area (Å²) in [4.78, 5) is 24.7. The van der Waals surface area contributed by atoms with Crippen LogP contribution in [0.15, 0.2) is 30.4 Å². The molecule has 19 heavy (non-hydrogen) atoms. The lowest BCUT2D eigenvalue weighted by Crippen LogP contribution is -2.30. The Balaban J connectivity index is 2.32. The number of amides is 2. The van der Waals surface area contributed by atoms with Crippen LogP contribution >= 0.6 is 39.1 Å². The fraction of sp³-hybridized carbons (Fsp3) is 0.167. The van der Waals surface area contributed by atoms with Gasteiger partial charge in [-0.2, -0.15) is 0 Å². The monoisotopic (exact) mass is 363 g/mol. The first-order chi connectivity index (χ1) is 9.02. The number of cyclic esters (lactones) is 1. The average Bonchev–Trinajstić information content (AvgIpc) is 2.60. The summed E-state index contributed by atoms with van der Waals surface area (Å²) in [5, 5.41) is 1.24. The Morgan fingerprint density at radius 1 is 1.26 bits per heavy atom. The van der Waals surface area contributed by atoms with Crippen molar-refractivity contribution in [3.8, 4) is 0 Å². The minimum Gasteiger partial charge on any atom is -0.431 e. The lowest BCUT2D eigenvalue weighted by Gasteiger charge is -2.11. The molecule has 2 amide bonds. The van der Waals surface area contributed by atoms with E-state index in [2.05, 4.69) is 15.9 Å². The highest BCUT2D eigenvalue weighted by molar-refractivity contribution is 9.09. The van der Waals surface area contributed by atoms with Crippen LogP contribution in [0.25, 0.3) is 0 Å². The summed E-state index contributed by atoms with van der Waals surface area (Å²) in [6, 6.07) is 4.47. The zero-order chi connectivity index (χ0) is 14.0. The summed E-state index contributed by atoms with van der Waals surface area (Å²) in [7, 11) is 0. The zero-order valence-corrected chi connectivity index (χ0v) is 12.6. The zero-order valence-electron chi connectivity index (χ0n) is 9.48. The van der Waals surface area contributed by atoms with Gasteiger partial charge in [-0.25, -0.2) is 9.69 Å². The van der Waals surface area contributed by atoms with Gasteiger partial charge in [-0.15, -0.1) is 0 Å². The predicted octanol–water partition coefficient (Wildman–Crippen LogP) is 3.80. The first kappa shape index (κ1) is 14.4. The number of benzene rings is 1. The second-order valence-electron chi connectivity index (χ2n) is 3.69. The average molecular weight is 365 g/mol. The van der Waals surface area contributed by atoms with Gasteiger partial charge >= 0.3 is 6.09 Å². The van der Waals surface area contributed by atoms with E-state index in [4.69, 9.17) is 27.9 Å². The Hall–Kier alpha value is -1.04. The quantitative estimate of drug-likeness (QED) is 0.605. The van der Waals surface area contributed by atoms with E-state index in [9.17, 15) is 9.59 Å². The highest BCUT2D eigenvalue weighted by Gasteiger charge is 2.40. The molecule has 7 heteroatoms. The Bertz CT molecular complexity index is 542. The number of ether oxygens (including phenoxy) is 1. The minimum absolute atomic E-state index is 0.294. The van der Waals surface area contributed by atoms with Gasteiger partial charge in [0.05, 0.1) is 5.69 Å². The van der Waals surface area contributed by atoms with Gasteiger partial charge < -0.3 is 4.74 Å². The van der Waals surface area contributed by atoms with Gasteiger partial charge in [0.2, 0.25) is 6.10 Å². The number of rotatable bonds is 3. The first-order valence-corrected chi connectivity index (χ1v) is 7.14. The Labute approximate surface area is 128 Å². The van der Waals surface area contributed by atoms with Gasteiger partial charge in [0.1, 0.15) is 0 Å². The SMILES string of the molecule is O=C1OC(/C=C/CBr)C(=O)N1c1cc(Cl)cc(Cl)c1. The Morgan fingerprint density at radius 3 is 2.47 bits per heavy atom. The van der Waals surface area contributed by atoms with Crippen LogP contribution in [0, 0.1) is 0 Å². The van der Waals surface area contributed by atoms with Gasteiger partial charge in [0.15, 0.2) is 0 Å². The summed E-state index contributed by atoms with van der Waals surface area (Å²) in [6.07, 6.45) is 1.54. The highest BCUT2D eigenvalue weighted by atomic mass is 79.9. The molecule has 1 aromatic rings. The molecule has 0 bridgehead atoms. The summed E-state index contributed by atoms with van der Waals surface area (Å²) in [6.45, 7) is 0. The molecule has 1 aliphatic heterocycles. The standard InChI is InChI=1S/C12H8BrCl2NO3/c13-3-1-2-10-11(17)16(12(18)19-10)9-5-7(14)4-8(15)6-9/h1-2,4-6,10H,3H2/b2-1+. The molecular weight excluding hydrogens is 357 g/mol.